The van der Waals surface area contributed by atoms with Crippen molar-refractivity contribution >= 4 is 5.91 Å². The minimum atomic E-state index is -0.0557. The van der Waals surface area contributed by atoms with Gasteiger partial charge in [0.15, 0.2) is 0 Å². The second-order valence-corrected chi connectivity index (χ2v) is 6.24. The maximum absolute atomic E-state index is 12.0. The lowest BCUT2D eigenvalue weighted by molar-refractivity contribution is -0.126. The summed E-state index contributed by atoms with van der Waals surface area (Å²) in [6.07, 6.45) is 0. The van der Waals surface area contributed by atoms with Crippen LogP contribution >= 0.6 is 0 Å². The molecule has 128 valence electrons. The van der Waals surface area contributed by atoms with Gasteiger partial charge >= 0.3 is 0 Å². The first-order chi connectivity index (χ1) is 11.2. The molecule has 1 saturated heterocycles. The van der Waals surface area contributed by atoms with Crippen LogP contribution in [0.2, 0.25) is 0 Å². The molecule has 1 atom stereocenters. The monoisotopic (exact) mass is 320 g/mol. The van der Waals surface area contributed by atoms with E-state index in [4.69, 9.17) is 9.47 Å². The van der Waals surface area contributed by atoms with Gasteiger partial charge in [-0.2, -0.15) is 0 Å². The Morgan fingerprint density at radius 2 is 1.96 bits per heavy atom. The molecule has 1 N–H and O–H groups in total. The maximum Gasteiger partial charge on any atom is 0.246 e. The minimum Gasteiger partial charge on any atom is -0.379 e. The SMILES string of the molecule is CC(C)C(CNC(=O)COCc1ccccc1)N1CCOCC1. The highest BCUT2D eigenvalue weighted by Gasteiger charge is 2.24. The molecule has 1 aliphatic rings. The van der Waals surface area contributed by atoms with E-state index in [1.54, 1.807) is 0 Å². The zero-order valence-corrected chi connectivity index (χ0v) is 14.2. The molecule has 1 amide bonds. The zero-order chi connectivity index (χ0) is 16.5. The summed E-state index contributed by atoms with van der Waals surface area (Å²) in [7, 11) is 0. The summed E-state index contributed by atoms with van der Waals surface area (Å²) in [5.74, 6) is 0.429. The van der Waals surface area contributed by atoms with Crippen molar-refractivity contribution < 1.29 is 14.3 Å². The fraction of sp³-hybridized carbons (Fsp3) is 0.611. The van der Waals surface area contributed by atoms with E-state index in [1.807, 2.05) is 30.3 Å². The number of amides is 1. The van der Waals surface area contributed by atoms with Crippen LogP contribution in [0.1, 0.15) is 19.4 Å². The number of nitrogens with one attached hydrogen (secondary N) is 1. The van der Waals surface area contributed by atoms with Crippen LogP contribution in [-0.4, -0.2) is 56.3 Å². The normalized spacial score (nSPS) is 17.2. The molecule has 5 nitrogen and oxygen atoms in total. The van der Waals surface area contributed by atoms with Crippen LogP contribution in [0.5, 0.6) is 0 Å². The van der Waals surface area contributed by atoms with Crippen molar-refractivity contribution in [3.63, 3.8) is 0 Å². The van der Waals surface area contributed by atoms with Gasteiger partial charge in [-0.05, 0) is 11.5 Å². The minimum absolute atomic E-state index is 0.0557. The van der Waals surface area contributed by atoms with E-state index in [0.717, 1.165) is 31.9 Å². The molecule has 5 heteroatoms. The number of hydrogen-bond donors (Lipinski definition) is 1. The summed E-state index contributed by atoms with van der Waals surface area (Å²) in [6, 6.07) is 10.2. The number of benzene rings is 1. The lowest BCUT2D eigenvalue weighted by Gasteiger charge is -2.36. The zero-order valence-electron chi connectivity index (χ0n) is 14.2. The number of carbonyl (C=O) groups excluding carboxylic acids is 1. The molecule has 2 rings (SSSR count). The third kappa shape index (κ3) is 6.29. The molecule has 0 radical (unpaired) electrons. The summed E-state index contributed by atoms with van der Waals surface area (Å²) in [5, 5.41) is 3.00. The third-order valence-electron chi connectivity index (χ3n) is 4.14. The van der Waals surface area contributed by atoms with Gasteiger partial charge in [-0.15, -0.1) is 0 Å². The highest BCUT2D eigenvalue weighted by molar-refractivity contribution is 5.77. The van der Waals surface area contributed by atoms with Gasteiger partial charge in [-0.25, -0.2) is 0 Å². The summed E-state index contributed by atoms with van der Waals surface area (Å²) in [5.41, 5.74) is 1.08. The molecule has 1 fully saturated rings. The quantitative estimate of drug-likeness (QED) is 0.792. The Hall–Kier alpha value is -1.43. The van der Waals surface area contributed by atoms with Crippen molar-refractivity contribution in [1.82, 2.24) is 10.2 Å². The van der Waals surface area contributed by atoms with Crippen molar-refractivity contribution in [1.29, 1.82) is 0 Å². The van der Waals surface area contributed by atoms with E-state index >= 15 is 0 Å². The average molecular weight is 320 g/mol. The topological polar surface area (TPSA) is 50.8 Å². The number of rotatable bonds is 8. The number of ether oxygens (including phenoxy) is 2. The van der Waals surface area contributed by atoms with Gasteiger partial charge in [0.25, 0.3) is 0 Å². The summed E-state index contributed by atoms with van der Waals surface area (Å²) in [6.45, 7) is 9.02. The molecule has 0 spiro atoms. The first-order valence-electron chi connectivity index (χ1n) is 8.37. The Morgan fingerprint density at radius 3 is 2.61 bits per heavy atom. The van der Waals surface area contributed by atoms with Crippen LogP contribution in [0.4, 0.5) is 0 Å². The van der Waals surface area contributed by atoms with E-state index in [1.165, 1.54) is 0 Å². The molecular weight excluding hydrogens is 292 g/mol. The van der Waals surface area contributed by atoms with E-state index in [0.29, 0.717) is 25.1 Å². The van der Waals surface area contributed by atoms with Gasteiger partial charge in [0, 0.05) is 25.7 Å². The van der Waals surface area contributed by atoms with Gasteiger partial charge in [-0.3, -0.25) is 9.69 Å². The van der Waals surface area contributed by atoms with Crippen molar-refractivity contribution in [2.24, 2.45) is 5.92 Å². The summed E-state index contributed by atoms with van der Waals surface area (Å²) < 4.78 is 10.9. The lowest BCUT2D eigenvalue weighted by Crippen LogP contribution is -2.51. The van der Waals surface area contributed by atoms with Crippen LogP contribution in [0.3, 0.4) is 0 Å². The maximum atomic E-state index is 12.0. The van der Waals surface area contributed by atoms with Gasteiger partial charge < -0.3 is 14.8 Å². The third-order valence-corrected chi connectivity index (χ3v) is 4.14. The molecule has 0 bridgehead atoms. The molecule has 0 aromatic heterocycles. The molecule has 23 heavy (non-hydrogen) atoms. The Morgan fingerprint density at radius 1 is 1.26 bits per heavy atom. The molecule has 1 unspecified atom stereocenters. The Kier molecular flexibility index (Phi) is 7.52. The Labute approximate surface area is 139 Å². The van der Waals surface area contributed by atoms with E-state index < -0.39 is 0 Å². The first kappa shape index (κ1) is 17.9. The molecule has 1 heterocycles. The van der Waals surface area contributed by atoms with E-state index in [2.05, 4.69) is 24.1 Å². The number of morpholine rings is 1. The van der Waals surface area contributed by atoms with Crippen LogP contribution < -0.4 is 5.32 Å². The molecular formula is C18H28N2O3. The highest BCUT2D eigenvalue weighted by Crippen LogP contribution is 2.12. The largest absolute Gasteiger partial charge is 0.379 e. The van der Waals surface area contributed by atoms with E-state index in [9.17, 15) is 4.79 Å². The summed E-state index contributed by atoms with van der Waals surface area (Å²) in [4.78, 5) is 14.4. The van der Waals surface area contributed by atoms with Gasteiger partial charge in [0.2, 0.25) is 5.91 Å². The van der Waals surface area contributed by atoms with Crippen molar-refractivity contribution in [2.45, 2.75) is 26.5 Å². The van der Waals surface area contributed by atoms with Crippen molar-refractivity contribution in [3.8, 4) is 0 Å². The van der Waals surface area contributed by atoms with Gasteiger partial charge in [0.1, 0.15) is 6.61 Å². The fourth-order valence-electron chi connectivity index (χ4n) is 2.80. The average Bonchev–Trinajstić information content (AvgIpc) is 2.57. The number of carbonyl (C=O) groups is 1. The van der Waals surface area contributed by atoms with Crippen LogP contribution in [0, 0.1) is 5.92 Å². The second kappa shape index (κ2) is 9.65. The van der Waals surface area contributed by atoms with Gasteiger partial charge in [-0.1, -0.05) is 44.2 Å². The molecule has 0 aliphatic carbocycles. The molecule has 0 saturated carbocycles. The number of nitrogens with zero attached hydrogens (tertiary/aromatic N) is 1. The fourth-order valence-corrected chi connectivity index (χ4v) is 2.80. The van der Waals surface area contributed by atoms with Crippen LogP contribution in [0.25, 0.3) is 0 Å². The van der Waals surface area contributed by atoms with Crippen LogP contribution in [-0.2, 0) is 20.9 Å². The van der Waals surface area contributed by atoms with Crippen molar-refractivity contribution in [3.05, 3.63) is 35.9 Å². The Balaban J connectivity index is 1.69. The van der Waals surface area contributed by atoms with Gasteiger partial charge in [0.05, 0.1) is 19.8 Å². The molecule has 1 aliphatic heterocycles. The van der Waals surface area contributed by atoms with Crippen LogP contribution in [0.15, 0.2) is 30.3 Å². The lowest BCUT2D eigenvalue weighted by atomic mass is 10.0. The second-order valence-electron chi connectivity index (χ2n) is 6.24. The predicted molar refractivity (Wildman–Crippen MR) is 90.1 cm³/mol. The standard InChI is InChI=1S/C18H28N2O3/c1-15(2)17(20-8-10-22-11-9-20)12-19-18(21)14-23-13-16-6-4-3-5-7-16/h3-7,15,17H,8-14H2,1-2H3,(H,19,21). The summed E-state index contributed by atoms with van der Waals surface area (Å²) >= 11 is 0. The molecule has 1 aromatic carbocycles. The number of hydrogen-bond acceptors (Lipinski definition) is 4. The Bertz CT molecular complexity index is 459. The molecule has 1 aromatic rings. The smallest absolute Gasteiger partial charge is 0.246 e. The van der Waals surface area contributed by atoms with Crippen molar-refractivity contribution in [2.75, 3.05) is 39.5 Å². The highest BCUT2D eigenvalue weighted by atomic mass is 16.5. The van der Waals surface area contributed by atoms with E-state index in [-0.39, 0.29) is 12.5 Å². The first-order valence-corrected chi connectivity index (χ1v) is 8.37. The predicted octanol–water partition coefficient (Wildman–Crippen LogP) is 1.68.